The molecule has 0 bridgehead atoms. The van der Waals surface area contributed by atoms with Gasteiger partial charge in [-0.3, -0.25) is 0 Å². The summed E-state index contributed by atoms with van der Waals surface area (Å²) in [6.07, 6.45) is 0. The first-order chi connectivity index (χ1) is 8.72. The molecular weight excluding hydrogens is 220 g/mol. The molecule has 0 fully saturated rings. The van der Waals surface area contributed by atoms with E-state index in [0.717, 1.165) is 22.5 Å². The Bertz CT molecular complexity index is 717. The Morgan fingerprint density at radius 2 is 1.83 bits per heavy atom. The Morgan fingerprint density at radius 1 is 0.944 bits per heavy atom. The van der Waals surface area contributed by atoms with E-state index in [-0.39, 0.29) is 0 Å². The number of anilines is 1. The third-order valence-electron chi connectivity index (χ3n) is 3.03. The van der Waals surface area contributed by atoms with Crippen molar-refractivity contribution in [1.82, 2.24) is 4.98 Å². The lowest BCUT2D eigenvalue weighted by Gasteiger charge is -2.04. The molecule has 18 heavy (non-hydrogen) atoms. The van der Waals surface area contributed by atoms with Gasteiger partial charge in [-0.1, -0.05) is 29.8 Å². The van der Waals surface area contributed by atoms with E-state index in [1.807, 2.05) is 30.3 Å². The van der Waals surface area contributed by atoms with Gasteiger partial charge in [0.2, 0.25) is 0 Å². The average molecular weight is 234 g/mol. The molecule has 2 N–H and O–H groups in total. The Morgan fingerprint density at radius 3 is 2.67 bits per heavy atom. The van der Waals surface area contributed by atoms with Gasteiger partial charge in [-0.05, 0) is 37.3 Å². The number of aryl methyl sites for hydroxylation is 1. The zero-order valence-electron chi connectivity index (χ0n) is 10.2. The van der Waals surface area contributed by atoms with Crippen molar-refractivity contribution < 1.29 is 0 Å². The summed E-state index contributed by atoms with van der Waals surface area (Å²) in [7, 11) is 0. The second-order valence-corrected chi connectivity index (χ2v) is 4.52. The number of rotatable bonds is 1. The molecule has 0 aliphatic heterocycles. The summed E-state index contributed by atoms with van der Waals surface area (Å²) in [5, 5.41) is 1.17. The molecule has 88 valence electrons. The Hall–Kier alpha value is -2.35. The van der Waals surface area contributed by atoms with Crippen LogP contribution in [0.1, 0.15) is 5.56 Å². The molecule has 1 heterocycles. The van der Waals surface area contributed by atoms with E-state index in [4.69, 9.17) is 5.73 Å². The summed E-state index contributed by atoms with van der Waals surface area (Å²) in [6.45, 7) is 2.09. The van der Waals surface area contributed by atoms with Crippen LogP contribution in [-0.2, 0) is 0 Å². The molecule has 3 rings (SSSR count). The summed E-state index contributed by atoms with van der Waals surface area (Å²) in [5.41, 5.74) is 10.8. The summed E-state index contributed by atoms with van der Waals surface area (Å²) < 4.78 is 0. The molecule has 0 atom stereocenters. The molecule has 0 saturated heterocycles. The van der Waals surface area contributed by atoms with Crippen LogP contribution in [-0.4, -0.2) is 4.98 Å². The minimum absolute atomic E-state index is 0.762. The molecule has 0 unspecified atom stereocenters. The zero-order chi connectivity index (χ0) is 12.5. The lowest BCUT2D eigenvalue weighted by molar-refractivity contribution is 1.38. The van der Waals surface area contributed by atoms with Gasteiger partial charge in [0.05, 0.1) is 11.2 Å². The Balaban J connectivity index is 2.16. The SMILES string of the molecule is Cc1ccc2nc(-c3cccc(N)c3)ccc2c1. The molecule has 2 heteroatoms. The lowest BCUT2D eigenvalue weighted by atomic mass is 10.1. The van der Waals surface area contributed by atoms with E-state index < -0.39 is 0 Å². The number of nitrogens with zero attached hydrogens (tertiary/aromatic N) is 1. The average Bonchev–Trinajstić information content (AvgIpc) is 2.38. The summed E-state index contributed by atoms with van der Waals surface area (Å²) in [5.74, 6) is 0. The lowest BCUT2D eigenvalue weighted by Crippen LogP contribution is -1.88. The van der Waals surface area contributed by atoms with Gasteiger partial charge in [0.15, 0.2) is 0 Å². The first kappa shape index (κ1) is 10.8. The fraction of sp³-hybridized carbons (Fsp3) is 0.0625. The number of nitrogen functional groups attached to an aromatic ring is 1. The number of hydrogen-bond acceptors (Lipinski definition) is 2. The predicted molar refractivity (Wildman–Crippen MR) is 76.3 cm³/mol. The van der Waals surface area contributed by atoms with E-state index in [9.17, 15) is 0 Å². The van der Waals surface area contributed by atoms with Crippen LogP contribution in [0.15, 0.2) is 54.6 Å². The Labute approximate surface area is 106 Å². The van der Waals surface area contributed by atoms with Crippen molar-refractivity contribution in [2.24, 2.45) is 0 Å². The van der Waals surface area contributed by atoms with E-state index >= 15 is 0 Å². The second kappa shape index (κ2) is 4.15. The topological polar surface area (TPSA) is 38.9 Å². The van der Waals surface area contributed by atoms with Crippen LogP contribution in [0.5, 0.6) is 0 Å². The van der Waals surface area contributed by atoms with Crippen LogP contribution in [0.4, 0.5) is 5.69 Å². The van der Waals surface area contributed by atoms with Gasteiger partial charge in [0, 0.05) is 16.6 Å². The van der Waals surface area contributed by atoms with Gasteiger partial charge < -0.3 is 5.73 Å². The van der Waals surface area contributed by atoms with Crippen molar-refractivity contribution in [3.05, 3.63) is 60.2 Å². The Kier molecular flexibility index (Phi) is 2.49. The molecular formula is C16H14N2. The maximum absolute atomic E-state index is 5.80. The first-order valence-corrected chi connectivity index (χ1v) is 5.96. The van der Waals surface area contributed by atoms with Crippen molar-refractivity contribution in [2.45, 2.75) is 6.92 Å². The minimum Gasteiger partial charge on any atom is -0.399 e. The molecule has 0 spiro atoms. The monoisotopic (exact) mass is 234 g/mol. The largest absolute Gasteiger partial charge is 0.399 e. The normalized spacial score (nSPS) is 10.7. The molecule has 0 saturated carbocycles. The maximum Gasteiger partial charge on any atom is 0.0710 e. The quantitative estimate of drug-likeness (QED) is 0.650. The van der Waals surface area contributed by atoms with Crippen LogP contribution in [0.2, 0.25) is 0 Å². The first-order valence-electron chi connectivity index (χ1n) is 5.96. The van der Waals surface area contributed by atoms with Crippen molar-refractivity contribution in [3.8, 4) is 11.3 Å². The number of hydrogen-bond donors (Lipinski definition) is 1. The fourth-order valence-electron chi connectivity index (χ4n) is 2.10. The smallest absolute Gasteiger partial charge is 0.0710 e. The van der Waals surface area contributed by atoms with Gasteiger partial charge in [0.25, 0.3) is 0 Å². The molecule has 2 aromatic carbocycles. The number of fused-ring (bicyclic) bond motifs is 1. The minimum atomic E-state index is 0.762. The van der Waals surface area contributed by atoms with E-state index in [0.29, 0.717) is 0 Å². The van der Waals surface area contributed by atoms with Gasteiger partial charge in [-0.25, -0.2) is 4.98 Å². The highest BCUT2D eigenvalue weighted by atomic mass is 14.7. The van der Waals surface area contributed by atoms with E-state index in [1.54, 1.807) is 0 Å². The molecule has 0 aliphatic rings. The van der Waals surface area contributed by atoms with Gasteiger partial charge in [0.1, 0.15) is 0 Å². The predicted octanol–water partition coefficient (Wildman–Crippen LogP) is 3.79. The van der Waals surface area contributed by atoms with Crippen LogP contribution < -0.4 is 5.73 Å². The van der Waals surface area contributed by atoms with Crippen molar-refractivity contribution in [1.29, 1.82) is 0 Å². The highest BCUT2D eigenvalue weighted by Crippen LogP contribution is 2.23. The number of aromatic nitrogens is 1. The van der Waals surface area contributed by atoms with Crippen LogP contribution >= 0.6 is 0 Å². The summed E-state index contributed by atoms with van der Waals surface area (Å²) in [4.78, 5) is 4.67. The standard InChI is InChI=1S/C16H14N2/c1-11-5-7-15-13(9-11)6-8-16(18-15)12-3-2-4-14(17)10-12/h2-10H,17H2,1H3. The van der Waals surface area contributed by atoms with Crippen molar-refractivity contribution >= 4 is 16.6 Å². The molecule has 0 aliphatic carbocycles. The van der Waals surface area contributed by atoms with Gasteiger partial charge in [-0.15, -0.1) is 0 Å². The number of benzene rings is 2. The molecule has 3 aromatic rings. The van der Waals surface area contributed by atoms with Crippen LogP contribution in [0.25, 0.3) is 22.2 Å². The second-order valence-electron chi connectivity index (χ2n) is 4.52. The molecule has 0 radical (unpaired) electrons. The van der Waals surface area contributed by atoms with E-state index in [2.05, 4.69) is 36.2 Å². The summed E-state index contributed by atoms with van der Waals surface area (Å²) in [6, 6.07) is 18.2. The zero-order valence-corrected chi connectivity index (χ0v) is 10.2. The number of pyridine rings is 1. The number of nitrogens with two attached hydrogens (primary N) is 1. The van der Waals surface area contributed by atoms with Crippen LogP contribution in [0, 0.1) is 6.92 Å². The van der Waals surface area contributed by atoms with Crippen LogP contribution in [0.3, 0.4) is 0 Å². The molecule has 2 nitrogen and oxygen atoms in total. The van der Waals surface area contributed by atoms with Crippen molar-refractivity contribution in [3.63, 3.8) is 0 Å². The summed E-state index contributed by atoms with van der Waals surface area (Å²) >= 11 is 0. The highest BCUT2D eigenvalue weighted by Gasteiger charge is 2.02. The highest BCUT2D eigenvalue weighted by molar-refractivity contribution is 5.82. The van der Waals surface area contributed by atoms with Gasteiger partial charge in [-0.2, -0.15) is 0 Å². The van der Waals surface area contributed by atoms with E-state index in [1.165, 1.54) is 10.9 Å². The fourth-order valence-corrected chi connectivity index (χ4v) is 2.10. The third kappa shape index (κ3) is 1.93. The maximum atomic E-state index is 5.80. The van der Waals surface area contributed by atoms with Gasteiger partial charge >= 0.3 is 0 Å². The van der Waals surface area contributed by atoms with Crippen molar-refractivity contribution in [2.75, 3.05) is 5.73 Å². The third-order valence-corrected chi connectivity index (χ3v) is 3.03. The molecule has 0 amide bonds. The molecule has 1 aromatic heterocycles.